The summed E-state index contributed by atoms with van der Waals surface area (Å²) in [6.07, 6.45) is 2.63. The molecule has 2 rings (SSSR count). The third-order valence-electron chi connectivity index (χ3n) is 2.03. The zero-order valence-corrected chi connectivity index (χ0v) is 12.8. The number of thiophene rings is 1. The monoisotopic (exact) mass is 283 g/mol. The molecular formula is C13H21N3O2S. The van der Waals surface area contributed by atoms with E-state index in [0.29, 0.717) is 0 Å². The first-order chi connectivity index (χ1) is 9.13. The number of hydrogen-bond donors (Lipinski definition) is 1. The molecule has 0 aliphatic heterocycles. The predicted molar refractivity (Wildman–Crippen MR) is 82.4 cm³/mol. The van der Waals surface area contributed by atoms with Crippen molar-refractivity contribution in [2.45, 2.75) is 0 Å². The third kappa shape index (κ3) is 4.94. The molecule has 0 amide bonds. The average Bonchev–Trinajstić information content (AvgIpc) is 2.84. The van der Waals surface area contributed by atoms with E-state index in [1.165, 1.54) is 18.4 Å². The van der Waals surface area contributed by atoms with Crippen LogP contribution in [0.4, 0.5) is 5.69 Å². The van der Waals surface area contributed by atoms with Crippen molar-refractivity contribution < 1.29 is 9.53 Å². The van der Waals surface area contributed by atoms with Crippen molar-refractivity contribution in [1.82, 2.24) is 4.98 Å². The van der Waals surface area contributed by atoms with E-state index in [1.807, 2.05) is 31.1 Å². The van der Waals surface area contributed by atoms with Gasteiger partial charge in [0.15, 0.2) is 6.29 Å². The van der Waals surface area contributed by atoms with Gasteiger partial charge in [-0.3, -0.25) is 4.79 Å². The predicted octanol–water partition coefficient (Wildman–Crippen LogP) is 2.01. The molecule has 106 valence electrons. The van der Waals surface area contributed by atoms with E-state index in [-0.39, 0.29) is 0 Å². The summed E-state index contributed by atoms with van der Waals surface area (Å²) in [5, 5.41) is 1.05. The summed E-state index contributed by atoms with van der Waals surface area (Å²) in [5.41, 5.74) is 5.60. The molecule has 0 atom stereocenters. The van der Waals surface area contributed by atoms with Crippen LogP contribution in [0.15, 0.2) is 18.3 Å². The maximum Gasteiger partial charge on any atom is 0.160 e. The molecule has 0 fully saturated rings. The summed E-state index contributed by atoms with van der Waals surface area (Å²) in [7, 11) is 8.71. The number of carbonyl (C=O) groups excluding carboxylic acids is 1. The molecule has 0 spiro atoms. The van der Waals surface area contributed by atoms with Gasteiger partial charge in [-0.2, -0.15) is 0 Å². The van der Waals surface area contributed by atoms with Crippen LogP contribution in [0.1, 0.15) is 9.67 Å². The molecule has 0 saturated heterocycles. The minimum atomic E-state index is 0.724. The van der Waals surface area contributed by atoms with E-state index in [1.54, 1.807) is 20.4 Å². The van der Waals surface area contributed by atoms with Crippen LogP contribution in [0.3, 0.4) is 0 Å². The Hall–Kier alpha value is -1.50. The van der Waals surface area contributed by atoms with E-state index >= 15 is 0 Å². The summed E-state index contributed by atoms with van der Waals surface area (Å²) < 4.78 is 4.25. The van der Waals surface area contributed by atoms with Crippen LogP contribution in [0.2, 0.25) is 0 Å². The lowest BCUT2D eigenvalue weighted by molar-refractivity contribution is 0.112. The first kappa shape index (κ1) is 17.5. The second kappa shape index (κ2) is 9.43. The molecule has 0 aliphatic rings. The number of nitrogens with two attached hydrogens (primary N) is 1. The highest BCUT2D eigenvalue weighted by atomic mass is 32.1. The van der Waals surface area contributed by atoms with Gasteiger partial charge in [-0.15, -0.1) is 11.3 Å². The highest BCUT2D eigenvalue weighted by Gasteiger charge is 2.07. The lowest BCUT2D eigenvalue weighted by Gasteiger charge is -2.12. The minimum Gasteiger partial charge on any atom is -0.388 e. The number of hydrogen-bond acceptors (Lipinski definition) is 6. The Bertz CT molecular complexity index is 498. The Morgan fingerprint density at radius 3 is 2.42 bits per heavy atom. The summed E-state index contributed by atoms with van der Waals surface area (Å²) in [6, 6.07) is 3.83. The number of aromatic nitrogens is 1. The van der Waals surface area contributed by atoms with Gasteiger partial charge < -0.3 is 15.4 Å². The number of rotatable bonds is 2. The van der Waals surface area contributed by atoms with Crippen molar-refractivity contribution >= 4 is 33.5 Å². The molecule has 0 unspecified atom stereocenters. The smallest absolute Gasteiger partial charge is 0.160 e. The summed E-state index contributed by atoms with van der Waals surface area (Å²) >= 11 is 1.42. The normalized spacial score (nSPS) is 8.95. The van der Waals surface area contributed by atoms with Gasteiger partial charge in [0, 0.05) is 45.6 Å². The zero-order valence-electron chi connectivity index (χ0n) is 12.0. The van der Waals surface area contributed by atoms with Crippen LogP contribution < -0.4 is 10.6 Å². The van der Waals surface area contributed by atoms with Gasteiger partial charge in [-0.05, 0) is 19.2 Å². The molecule has 6 heteroatoms. The van der Waals surface area contributed by atoms with Crippen LogP contribution in [-0.2, 0) is 4.74 Å². The maximum atomic E-state index is 10.6. The number of methoxy groups -OCH3 is 1. The van der Waals surface area contributed by atoms with E-state index in [4.69, 9.17) is 0 Å². The zero-order chi connectivity index (χ0) is 14.8. The van der Waals surface area contributed by atoms with Gasteiger partial charge in [0.1, 0.15) is 4.83 Å². The SMILES string of the molecule is CN.CN(C)c1ccnc2sc(C=O)cc12.COC. The maximum absolute atomic E-state index is 10.6. The van der Waals surface area contributed by atoms with E-state index in [0.717, 1.165) is 27.1 Å². The fourth-order valence-electron chi connectivity index (χ4n) is 1.39. The number of anilines is 1. The first-order valence-corrected chi connectivity index (χ1v) is 6.44. The molecule has 0 aliphatic carbocycles. The van der Waals surface area contributed by atoms with Gasteiger partial charge in [0.05, 0.1) is 4.88 Å². The number of carbonyl (C=O) groups is 1. The van der Waals surface area contributed by atoms with Crippen LogP contribution in [-0.4, -0.2) is 46.6 Å². The number of fused-ring (bicyclic) bond motifs is 1. The summed E-state index contributed by atoms with van der Waals surface area (Å²) in [6.45, 7) is 0. The van der Waals surface area contributed by atoms with Crippen molar-refractivity contribution in [3.8, 4) is 0 Å². The third-order valence-corrected chi connectivity index (χ3v) is 3.00. The number of ether oxygens (including phenoxy) is 1. The fourth-order valence-corrected chi connectivity index (χ4v) is 2.23. The second-order valence-electron chi connectivity index (χ2n) is 3.62. The van der Waals surface area contributed by atoms with Crippen LogP contribution >= 0.6 is 11.3 Å². The van der Waals surface area contributed by atoms with Gasteiger partial charge >= 0.3 is 0 Å². The number of pyridine rings is 1. The largest absolute Gasteiger partial charge is 0.388 e. The first-order valence-electron chi connectivity index (χ1n) is 5.63. The average molecular weight is 283 g/mol. The highest BCUT2D eigenvalue weighted by molar-refractivity contribution is 7.20. The van der Waals surface area contributed by atoms with Crippen molar-refractivity contribution in [2.75, 3.05) is 40.3 Å². The molecule has 2 aromatic heterocycles. The fraction of sp³-hybridized carbons (Fsp3) is 0.385. The molecule has 2 N–H and O–H groups in total. The van der Waals surface area contributed by atoms with Gasteiger partial charge in [-0.1, -0.05) is 0 Å². The van der Waals surface area contributed by atoms with Gasteiger partial charge in [0.25, 0.3) is 0 Å². The molecule has 0 aromatic carbocycles. The van der Waals surface area contributed by atoms with Crippen molar-refractivity contribution in [2.24, 2.45) is 5.73 Å². The Kier molecular flexibility index (Phi) is 8.69. The summed E-state index contributed by atoms with van der Waals surface area (Å²) in [5.74, 6) is 0. The molecule has 19 heavy (non-hydrogen) atoms. The summed E-state index contributed by atoms with van der Waals surface area (Å²) in [4.78, 5) is 18.5. The molecule has 2 heterocycles. The lowest BCUT2D eigenvalue weighted by Crippen LogP contribution is -2.08. The molecule has 0 saturated carbocycles. The van der Waals surface area contributed by atoms with Crippen molar-refractivity contribution in [3.05, 3.63) is 23.2 Å². The molecule has 5 nitrogen and oxygen atoms in total. The van der Waals surface area contributed by atoms with Crippen molar-refractivity contribution in [1.29, 1.82) is 0 Å². The van der Waals surface area contributed by atoms with E-state index < -0.39 is 0 Å². The standard InChI is InChI=1S/C10H10N2OS.C2H6O.CH5N/c1-12(2)9-3-4-11-10-8(9)5-7(6-13)14-10;1-3-2;1-2/h3-6H,1-2H3;1-2H3;2H2,1H3. The Labute approximate surface area is 118 Å². The highest BCUT2D eigenvalue weighted by Crippen LogP contribution is 2.29. The van der Waals surface area contributed by atoms with Crippen molar-refractivity contribution in [3.63, 3.8) is 0 Å². The van der Waals surface area contributed by atoms with E-state index in [9.17, 15) is 4.79 Å². The van der Waals surface area contributed by atoms with Crippen LogP contribution in [0, 0.1) is 0 Å². The quantitative estimate of drug-likeness (QED) is 0.854. The van der Waals surface area contributed by atoms with Crippen LogP contribution in [0.5, 0.6) is 0 Å². The lowest BCUT2D eigenvalue weighted by atomic mass is 10.2. The topological polar surface area (TPSA) is 68.5 Å². The Balaban J connectivity index is 0.000000573. The van der Waals surface area contributed by atoms with E-state index in [2.05, 4.69) is 15.5 Å². The number of nitrogens with zero attached hydrogens (tertiary/aromatic N) is 2. The second-order valence-corrected chi connectivity index (χ2v) is 4.68. The molecular weight excluding hydrogens is 262 g/mol. The Morgan fingerprint density at radius 2 is 1.95 bits per heavy atom. The molecule has 0 radical (unpaired) electrons. The molecule has 2 aromatic rings. The Morgan fingerprint density at radius 1 is 1.37 bits per heavy atom. The van der Waals surface area contributed by atoms with Gasteiger partial charge in [-0.25, -0.2) is 4.98 Å². The van der Waals surface area contributed by atoms with Gasteiger partial charge in [0.2, 0.25) is 0 Å². The van der Waals surface area contributed by atoms with Crippen LogP contribution in [0.25, 0.3) is 10.2 Å². The molecule has 0 bridgehead atoms. The minimum absolute atomic E-state index is 0.724. The number of aldehydes is 1.